The van der Waals surface area contributed by atoms with Gasteiger partial charge in [0.2, 0.25) is 5.91 Å². The number of methoxy groups -OCH3 is 1. The van der Waals surface area contributed by atoms with Crippen LogP contribution in [0.4, 0.5) is 0 Å². The van der Waals surface area contributed by atoms with Crippen molar-refractivity contribution in [1.82, 2.24) is 16.2 Å². The van der Waals surface area contributed by atoms with Gasteiger partial charge in [0.15, 0.2) is 5.11 Å². The summed E-state index contributed by atoms with van der Waals surface area (Å²) in [5.74, 6) is 0.314. The van der Waals surface area contributed by atoms with Crippen molar-refractivity contribution in [3.8, 4) is 0 Å². The molecular formula is C19H29N3O2S. The summed E-state index contributed by atoms with van der Waals surface area (Å²) in [6.07, 6.45) is 1.75. The molecule has 0 saturated heterocycles. The average molecular weight is 364 g/mol. The quantitative estimate of drug-likeness (QED) is 0.412. The number of ether oxygens (including phenoxy) is 1. The smallest absolute Gasteiger partial charge is 0.242 e. The Morgan fingerprint density at radius 1 is 1.24 bits per heavy atom. The van der Waals surface area contributed by atoms with Gasteiger partial charge in [0.1, 0.15) is 0 Å². The molecule has 138 valence electrons. The summed E-state index contributed by atoms with van der Waals surface area (Å²) >= 11 is 5.12. The minimum absolute atomic E-state index is 0.00839. The van der Waals surface area contributed by atoms with E-state index in [0.29, 0.717) is 24.2 Å². The molecule has 0 spiro atoms. The fraction of sp³-hybridized carbons (Fsp3) is 0.579. The van der Waals surface area contributed by atoms with Crippen LogP contribution in [-0.4, -0.2) is 31.3 Å². The van der Waals surface area contributed by atoms with Gasteiger partial charge in [0.25, 0.3) is 0 Å². The SMILES string of the molecule is COCCCNC(=S)NNC(=O)[C@@H]1C[C@@H]1c1ccc(C(C)(C)C)cc1. The molecule has 6 heteroatoms. The number of benzene rings is 1. The molecule has 25 heavy (non-hydrogen) atoms. The lowest BCUT2D eigenvalue weighted by molar-refractivity contribution is -0.122. The zero-order valence-corrected chi connectivity index (χ0v) is 16.3. The van der Waals surface area contributed by atoms with Gasteiger partial charge in [-0.05, 0) is 47.5 Å². The van der Waals surface area contributed by atoms with Crippen LogP contribution >= 0.6 is 12.2 Å². The Kier molecular flexibility index (Phi) is 6.79. The number of hydrogen-bond donors (Lipinski definition) is 3. The van der Waals surface area contributed by atoms with Crippen molar-refractivity contribution in [2.45, 2.75) is 44.9 Å². The van der Waals surface area contributed by atoms with Crippen LogP contribution < -0.4 is 16.2 Å². The molecule has 0 heterocycles. The molecule has 0 aliphatic heterocycles. The first-order valence-electron chi connectivity index (χ1n) is 8.76. The minimum atomic E-state index is -0.00839. The van der Waals surface area contributed by atoms with Crippen LogP contribution in [0.1, 0.15) is 50.7 Å². The van der Waals surface area contributed by atoms with Crippen molar-refractivity contribution >= 4 is 23.2 Å². The largest absolute Gasteiger partial charge is 0.385 e. The van der Waals surface area contributed by atoms with Gasteiger partial charge in [-0.2, -0.15) is 0 Å². The molecule has 1 amide bonds. The maximum Gasteiger partial charge on any atom is 0.242 e. The van der Waals surface area contributed by atoms with Gasteiger partial charge >= 0.3 is 0 Å². The van der Waals surface area contributed by atoms with Gasteiger partial charge < -0.3 is 10.1 Å². The molecule has 1 saturated carbocycles. The first-order valence-corrected chi connectivity index (χ1v) is 9.17. The number of carbonyl (C=O) groups is 1. The molecule has 2 atom stereocenters. The minimum Gasteiger partial charge on any atom is -0.385 e. The van der Waals surface area contributed by atoms with Crippen LogP contribution in [0.15, 0.2) is 24.3 Å². The molecular weight excluding hydrogens is 334 g/mol. The molecule has 1 aromatic rings. The summed E-state index contributed by atoms with van der Waals surface area (Å²) in [7, 11) is 1.67. The van der Waals surface area contributed by atoms with Crippen LogP contribution in [0.25, 0.3) is 0 Å². The molecule has 3 N–H and O–H groups in total. The van der Waals surface area contributed by atoms with Crippen molar-refractivity contribution in [1.29, 1.82) is 0 Å². The lowest BCUT2D eigenvalue weighted by Crippen LogP contribution is -2.47. The molecule has 0 unspecified atom stereocenters. The zero-order valence-electron chi connectivity index (χ0n) is 15.5. The summed E-state index contributed by atoms with van der Waals surface area (Å²) in [4.78, 5) is 12.2. The lowest BCUT2D eigenvalue weighted by atomic mass is 9.86. The number of thiocarbonyl (C=S) groups is 1. The third-order valence-corrected chi connectivity index (χ3v) is 4.69. The Labute approximate surface area is 155 Å². The van der Waals surface area contributed by atoms with Gasteiger partial charge in [0.05, 0.1) is 0 Å². The Balaban J connectivity index is 1.73. The second-order valence-corrected chi connectivity index (χ2v) is 7.95. The van der Waals surface area contributed by atoms with Gasteiger partial charge in [-0.25, -0.2) is 0 Å². The van der Waals surface area contributed by atoms with Crippen LogP contribution in [0.3, 0.4) is 0 Å². The Morgan fingerprint density at radius 2 is 1.92 bits per heavy atom. The standard InChI is InChI=1S/C19H29N3O2S/c1-19(2,3)14-8-6-13(7-9-14)15-12-16(15)17(23)21-22-18(25)20-10-5-11-24-4/h6-9,15-16H,5,10-12H2,1-4H3,(H,21,23)(H2,20,22,25)/t15-,16-/m1/s1. The predicted molar refractivity (Wildman–Crippen MR) is 104 cm³/mol. The van der Waals surface area contributed by atoms with E-state index in [1.54, 1.807) is 7.11 Å². The number of nitrogens with one attached hydrogen (secondary N) is 3. The topological polar surface area (TPSA) is 62.4 Å². The van der Waals surface area contributed by atoms with Gasteiger partial charge in [-0.1, -0.05) is 45.0 Å². The van der Waals surface area contributed by atoms with Gasteiger partial charge in [-0.15, -0.1) is 0 Å². The van der Waals surface area contributed by atoms with E-state index in [1.807, 2.05) is 0 Å². The average Bonchev–Trinajstić information content (AvgIpc) is 3.37. The van der Waals surface area contributed by atoms with E-state index in [0.717, 1.165) is 12.8 Å². The number of carbonyl (C=O) groups excluding carboxylic acids is 1. The molecule has 1 aliphatic carbocycles. The fourth-order valence-corrected chi connectivity index (χ4v) is 2.91. The molecule has 1 aliphatic rings. The number of hydrogen-bond acceptors (Lipinski definition) is 3. The van der Waals surface area contributed by atoms with E-state index in [2.05, 4.69) is 61.2 Å². The number of amides is 1. The Morgan fingerprint density at radius 3 is 2.52 bits per heavy atom. The Hall–Kier alpha value is -1.66. The molecule has 0 aromatic heterocycles. The van der Waals surface area contributed by atoms with Crippen molar-refractivity contribution < 1.29 is 9.53 Å². The van der Waals surface area contributed by atoms with E-state index in [1.165, 1.54) is 11.1 Å². The van der Waals surface area contributed by atoms with E-state index in [9.17, 15) is 4.79 Å². The normalized spacial score (nSPS) is 19.2. The summed E-state index contributed by atoms with van der Waals surface area (Å²) in [6.45, 7) is 8.00. The highest BCUT2D eigenvalue weighted by molar-refractivity contribution is 7.80. The molecule has 5 nitrogen and oxygen atoms in total. The lowest BCUT2D eigenvalue weighted by Gasteiger charge is -2.19. The molecule has 0 radical (unpaired) electrons. The number of hydrazine groups is 1. The molecule has 0 bridgehead atoms. The highest BCUT2D eigenvalue weighted by Crippen LogP contribution is 2.47. The monoisotopic (exact) mass is 363 g/mol. The van der Waals surface area contributed by atoms with Crippen LogP contribution in [0, 0.1) is 5.92 Å². The van der Waals surface area contributed by atoms with Crippen molar-refractivity contribution in [3.63, 3.8) is 0 Å². The van der Waals surface area contributed by atoms with E-state index in [-0.39, 0.29) is 17.2 Å². The molecule has 1 aromatic carbocycles. The zero-order chi connectivity index (χ0) is 18.4. The van der Waals surface area contributed by atoms with Crippen molar-refractivity contribution in [3.05, 3.63) is 35.4 Å². The maximum atomic E-state index is 12.2. The maximum absolute atomic E-state index is 12.2. The summed E-state index contributed by atoms with van der Waals surface area (Å²) in [6, 6.07) is 8.63. The summed E-state index contributed by atoms with van der Waals surface area (Å²) < 4.78 is 4.97. The first kappa shape index (κ1) is 19.7. The van der Waals surface area contributed by atoms with E-state index >= 15 is 0 Å². The summed E-state index contributed by atoms with van der Waals surface area (Å²) in [5, 5.41) is 3.45. The third-order valence-electron chi connectivity index (χ3n) is 4.44. The van der Waals surface area contributed by atoms with Crippen molar-refractivity contribution in [2.75, 3.05) is 20.3 Å². The molecule has 1 fully saturated rings. The Bertz CT molecular complexity index is 596. The third kappa shape index (κ3) is 5.97. The highest BCUT2D eigenvalue weighted by Gasteiger charge is 2.44. The van der Waals surface area contributed by atoms with Crippen LogP contribution in [0.2, 0.25) is 0 Å². The van der Waals surface area contributed by atoms with Crippen LogP contribution in [0.5, 0.6) is 0 Å². The second-order valence-electron chi connectivity index (χ2n) is 7.54. The molecule has 2 rings (SSSR count). The van der Waals surface area contributed by atoms with E-state index in [4.69, 9.17) is 17.0 Å². The summed E-state index contributed by atoms with van der Waals surface area (Å²) in [5.41, 5.74) is 8.15. The second kappa shape index (κ2) is 8.63. The van der Waals surface area contributed by atoms with Gasteiger partial charge in [-0.3, -0.25) is 15.6 Å². The number of rotatable bonds is 6. The van der Waals surface area contributed by atoms with E-state index < -0.39 is 0 Å². The van der Waals surface area contributed by atoms with Crippen LogP contribution in [-0.2, 0) is 14.9 Å². The van der Waals surface area contributed by atoms with Crippen molar-refractivity contribution in [2.24, 2.45) is 5.92 Å². The predicted octanol–water partition coefficient (Wildman–Crippen LogP) is 2.62. The first-order chi connectivity index (χ1) is 11.8. The highest BCUT2D eigenvalue weighted by atomic mass is 32.1. The van der Waals surface area contributed by atoms with Gasteiger partial charge in [0, 0.05) is 26.2 Å². The fourth-order valence-electron chi connectivity index (χ4n) is 2.76.